The highest BCUT2D eigenvalue weighted by Gasteiger charge is 2.09. The minimum atomic E-state index is 0. The molecule has 0 aliphatic rings. The molecule has 0 amide bonds. The summed E-state index contributed by atoms with van der Waals surface area (Å²) >= 11 is 1.84. The van der Waals surface area contributed by atoms with E-state index < -0.39 is 0 Å². The summed E-state index contributed by atoms with van der Waals surface area (Å²) in [6.45, 7) is 10.3. The van der Waals surface area contributed by atoms with Gasteiger partial charge in [0.05, 0.1) is 12.6 Å². The topological polar surface area (TPSA) is 45.7 Å². The first-order valence-corrected chi connectivity index (χ1v) is 9.47. The Morgan fingerprint density at radius 2 is 1.79 bits per heavy atom. The normalized spacial score (nSPS) is 13.9. The number of thioether (sulfide) groups is 1. The van der Waals surface area contributed by atoms with E-state index in [0.717, 1.165) is 24.9 Å². The van der Waals surface area contributed by atoms with Crippen molar-refractivity contribution >= 4 is 41.7 Å². The summed E-state index contributed by atoms with van der Waals surface area (Å²) in [5, 5.41) is 7.34. The third kappa shape index (κ3) is 9.01. The Balaban J connectivity index is 0.00000529. The van der Waals surface area contributed by atoms with E-state index in [9.17, 15) is 0 Å². The molecule has 0 spiro atoms. The Morgan fingerprint density at radius 3 is 2.29 bits per heavy atom. The van der Waals surface area contributed by atoms with E-state index >= 15 is 0 Å². The number of aliphatic imine (C=N–C) groups is 1. The minimum Gasteiger partial charge on any atom is -0.493 e. The van der Waals surface area contributed by atoms with Gasteiger partial charge in [-0.3, -0.25) is 4.99 Å². The van der Waals surface area contributed by atoms with E-state index in [2.05, 4.69) is 61.7 Å². The number of guanidine groups is 1. The molecule has 2 unspecified atom stereocenters. The summed E-state index contributed by atoms with van der Waals surface area (Å²) in [5.41, 5.74) is 1.21. The van der Waals surface area contributed by atoms with Crippen molar-refractivity contribution in [3.8, 4) is 5.75 Å². The third-order valence-electron chi connectivity index (χ3n) is 3.50. The van der Waals surface area contributed by atoms with Crippen molar-refractivity contribution in [2.45, 2.75) is 39.0 Å². The molecule has 1 aromatic rings. The summed E-state index contributed by atoms with van der Waals surface area (Å²) < 4.78 is 5.72. The quantitative estimate of drug-likeness (QED) is 0.341. The molecule has 0 aliphatic carbocycles. The van der Waals surface area contributed by atoms with Crippen molar-refractivity contribution in [2.75, 3.05) is 26.5 Å². The van der Waals surface area contributed by atoms with Crippen molar-refractivity contribution in [3.05, 3.63) is 29.8 Å². The predicted octanol–water partition coefficient (Wildman–Crippen LogP) is 4.32. The second-order valence-corrected chi connectivity index (χ2v) is 7.42. The van der Waals surface area contributed by atoms with Gasteiger partial charge in [-0.1, -0.05) is 32.9 Å². The molecule has 0 saturated carbocycles. The van der Waals surface area contributed by atoms with Crippen molar-refractivity contribution in [2.24, 2.45) is 10.9 Å². The van der Waals surface area contributed by atoms with Gasteiger partial charge in [-0.05, 0) is 36.8 Å². The van der Waals surface area contributed by atoms with Gasteiger partial charge < -0.3 is 15.4 Å². The fourth-order valence-corrected chi connectivity index (χ4v) is 2.17. The molecule has 0 saturated heterocycles. The second kappa shape index (κ2) is 12.7. The minimum absolute atomic E-state index is 0. The van der Waals surface area contributed by atoms with Gasteiger partial charge in [-0.25, -0.2) is 0 Å². The van der Waals surface area contributed by atoms with E-state index in [0.29, 0.717) is 11.2 Å². The molecule has 0 bridgehead atoms. The summed E-state index contributed by atoms with van der Waals surface area (Å²) in [4.78, 5) is 4.29. The van der Waals surface area contributed by atoms with Gasteiger partial charge in [0, 0.05) is 18.8 Å². The smallest absolute Gasteiger partial charge is 0.191 e. The number of benzene rings is 1. The predicted molar refractivity (Wildman–Crippen MR) is 118 cm³/mol. The van der Waals surface area contributed by atoms with Crippen LogP contribution in [0, 0.1) is 5.92 Å². The Morgan fingerprint density at radius 1 is 1.17 bits per heavy atom. The van der Waals surface area contributed by atoms with Crippen LogP contribution in [0.2, 0.25) is 0 Å². The SMILES string of the molecule is CN=C(NCC(C)SC)NC(C)c1ccc(OCC(C)C)cc1.I. The van der Waals surface area contributed by atoms with Gasteiger partial charge in [0.2, 0.25) is 0 Å². The highest BCUT2D eigenvalue weighted by atomic mass is 127. The number of hydrogen-bond donors (Lipinski definition) is 2. The van der Waals surface area contributed by atoms with Crippen molar-refractivity contribution in [1.82, 2.24) is 10.6 Å². The van der Waals surface area contributed by atoms with Gasteiger partial charge in [0.15, 0.2) is 5.96 Å². The summed E-state index contributed by atoms with van der Waals surface area (Å²) in [6, 6.07) is 8.45. The van der Waals surface area contributed by atoms with Gasteiger partial charge in [0.25, 0.3) is 0 Å². The summed E-state index contributed by atoms with van der Waals surface area (Å²) in [5.74, 6) is 2.29. The van der Waals surface area contributed by atoms with Crippen LogP contribution >= 0.6 is 35.7 Å². The monoisotopic (exact) mass is 465 g/mol. The van der Waals surface area contributed by atoms with Crippen molar-refractivity contribution < 1.29 is 4.74 Å². The Bertz CT molecular complexity index is 480. The number of nitrogens with zero attached hydrogens (tertiary/aromatic N) is 1. The first kappa shape index (κ1) is 23.4. The Hall–Kier alpha value is -0.630. The van der Waals surface area contributed by atoms with Gasteiger partial charge in [-0.15, -0.1) is 24.0 Å². The molecule has 1 aromatic carbocycles. The van der Waals surface area contributed by atoms with Gasteiger partial charge >= 0.3 is 0 Å². The van der Waals surface area contributed by atoms with Crippen LogP contribution in [0.3, 0.4) is 0 Å². The molecular weight excluding hydrogens is 433 g/mol. The highest BCUT2D eigenvalue weighted by molar-refractivity contribution is 14.0. The van der Waals surface area contributed by atoms with E-state index in [1.54, 1.807) is 7.05 Å². The number of halogens is 1. The van der Waals surface area contributed by atoms with Crippen molar-refractivity contribution in [1.29, 1.82) is 0 Å². The lowest BCUT2D eigenvalue weighted by Crippen LogP contribution is -2.41. The van der Waals surface area contributed by atoms with E-state index in [1.807, 2.05) is 23.9 Å². The number of nitrogens with one attached hydrogen (secondary N) is 2. The average Bonchev–Trinajstić information content (AvgIpc) is 2.56. The third-order valence-corrected chi connectivity index (χ3v) is 4.47. The zero-order valence-electron chi connectivity index (χ0n) is 15.6. The number of rotatable bonds is 8. The molecule has 2 atom stereocenters. The van der Waals surface area contributed by atoms with Crippen LogP contribution in [0.5, 0.6) is 5.75 Å². The first-order valence-electron chi connectivity index (χ1n) is 8.19. The molecule has 0 radical (unpaired) electrons. The molecule has 138 valence electrons. The van der Waals surface area contributed by atoms with E-state index in [1.165, 1.54) is 5.56 Å². The summed E-state index contributed by atoms with van der Waals surface area (Å²) in [7, 11) is 1.80. The van der Waals surface area contributed by atoms with Gasteiger partial charge in [-0.2, -0.15) is 11.8 Å². The Kier molecular flexibility index (Phi) is 12.4. The van der Waals surface area contributed by atoms with Crippen LogP contribution in [-0.4, -0.2) is 37.7 Å². The largest absolute Gasteiger partial charge is 0.493 e. The molecule has 0 aliphatic heterocycles. The lowest BCUT2D eigenvalue weighted by atomic mass is 10.1. The molecule has 4 nitrogen and oxygen atoms in total. The highest BCUT2D eigenvalue weighted by Crippen LogP contribution is 2.18. The maximum Gasteiger partial charge on any atom is 0.191 e. The van der Waals surface area contributed by atoms with Crippen LogP contribution in [0.15, 0.2) is 29.3 Å². The molecule has 0 fully saturated rings. The zero-order valence-corrected chi connectivity index (χ0v) is 18.8. The first-order chi connectivity index (χ1) is 11.0. The van der Waals surface area contributed by atoms with Crippen LogP contribution in [0.1, 0.15) is 39.3 Å². The lowest BCUT2D eigenvalue weighted by molar-refractivity contribution is 0.271. The molecule has 6 heteroatoms. The molecule has 1 rings (SSSR count). The molecule has 0 aromatic heterocycles. The fraction of sp³-hybridized carbons (Fsp3) is 0.611. The maximum atomic E-state index is 5.72. The van der Waals surface area contributed by atoms with E-state index in [4.69, 9.17) is 4.74 Å². The van der Waals surface area contributed by atoms with Gasteiger partial charge in [0.1, 0.15) is 5.75 Å². The maximum absolute atomic E-state index is 5.72. The molecule has 2 N–H and O–H groups in total. The fourth-order valence-electron chi connectivity index (χ4n) is 1.92. The second-order valence-electron chi connectivity index (χ2n) is 6.14. The number of hydrogen-bond acceptors (Lipinski definition) is 3. The molecular formula is C18H32IN3OS. The van der Waals surface area contributed by atoms with Crippen LogP contribution in [0.25, 0.3) is 0 Å². The summed E-state index contributed by atoms with van der Waals surface area (Å²) in [6.07, 6.45) is 2.12. The van der Waals surface area contributed by atoms with Crippen LogP contribution < -0.4 is 15.4 Å². The van der Waals surface area contributed by atoms with E-state index in [-0.39, 0.29) is 30.0 Å². The number of ether oxygens (including phenoxy) is 1. The van der Waals surface area contributed by atoms with Crippen LogP contribution in [0.4, 0.5) is 0 Å². The lowest BCUT2D eigenvalue weighted by Gasteiger charge is -2.20. The zero-order chi connectivity index (χ0) is 17.2. The van der Waals surface area contributed by atoms with Crippen LogP contribution in [-0.2, 0) is 0 Å². The van der Waals surface area contributed by atoms with Crippen molar-refractivity contribution in [3.63, 3.8) is 0 Å². The standard InChI is InChI=1S/C18H31N3OS.HI/c1-13(2)12-22-17-9-7-16(8-10-17)15(4)21-18(19-5)20-11-14(3)23-6;/h7-10,13-15H,11-12H2,1-6H3,(H2,19,20,21);1H. The Labute approximate surface area is 168 Å². The molecule has 24 heavy (non-hydrogen) atoms. The average molecular weight is 465 g/mol. The molecule has 0 heterocycles.